The van der Waals surface area contributed by atoms with Gasteiger partial charge in [0, 0.05) is 6.92 Å². The molecule has 0 bridgehead atoms. The number of carboxylic acids is 1. The molecule has 0 spiro atoms. The van der Waals surface area contributed by atoms with Crippen LogP contribution in [0.15, 0.2) is 0 Å². The molecule has 13 heavy (non-hydrogen) atoms. The summed E-state index contributed by atoms with van der Waals surface area (Å²) in [6.07, 6.45) is 5.07. The summed E-state index contributed by atoms with van der Waals surface area (Å²) in [4.78, 5) is 9.00. The van der Waals surface area contributed by atoms with Gasteiger partial charge in [0.25, 0.3) is 5.97 Å². The number of carbonyl (C=O) groups is 1. The van der Waals surface area contributed by atoms with Crippen molar-refractivity contribution in [2.24, 2.45) is 0 Å². The minimum atomic E-state index is -0.833. The third kappa shape index (κ3) is 111. The van der Waals surface area contributed by atoms with Gasteiger partial charge in [-0.25, -0.2) is 0 Å². The van der Waals surface area contributed by atoms with Crippen LogP contribution in [0.5, 0.6) is 0 Å². The van der Waals surface area contributed by atoms with Crippen LogP contribution in [0.3, 0.4) is 0 Å². The molecular formula is C8H17Cl2NiO2. The molecule has 0 saturated carbocycles. The van der Waals surface area contributed by atoms with E-state index in [-0.39, 0.29) is 0 Å². The zero-order valence-corrected chi connectivity index (χ0v) is 10.5. The molecule has 0 aliphatic carbocycles. The second kappa shape index (κ2) is 22.9. The van der Waals surface area contributed by atoms with Crippen LogP contribution in [-0.2, 0) is 17.4 Å². The number of halogens is 2. The third-order valence-electron chi connectivity index (χ3n) is 0.854. The van der Waals surface area contributed by atoms with Crippen LogP contribution >= 0.6 is 20.4 Å². The summed E-state index contributed by atoms with van der Waals surface area (Å²) in [5.41, 5.74) is 0. The fourth-order valence-corrected chi connectivity index (χ4v) is 0.427. The second-order valence-electron chi connectivity index (χ2n) is 2.12. The molecule has 85 valence electrons. The number of hydrogen-bond donors (Lipinski definition) is 1. The number of hydrogen-bond acceptors (Lipinski definition) is 1. The Hall–Kier alpha value is 0.544. The molecule has 0 aliphatic heterocycles. The normalized spacial score (nSPS) is 7.77. The topological polar surface area (TPSA) is 37.3 Å². The van der Waals surface area contributed by atoms with E-state index in [2.05, 4.69) is 13.8 Å². The Morgan fingerprint density at radius 1 is 1.46 bits per heavy atom. The maximum absolute atomic E-state index is 9.00. The molecule has 0 aliphatic rings. The van der Waals surface area contributed by atoms with Crippen LogP contribution < -0.4 is 0 Å². The first kappa shape index (κ1) is 19.2. The van der Waals surface area contributed by atoms with Gasteiger partial charge in [-0.2, -0.15) is 6.42 Å². The van der Waals surface area contributed by atoms with Gasteiger partial charge in [0.1, 0.15) is 0 Å². The van der Waals surface area contributed by atoms with Gasteiger partial charge in [-0.1, -0.05) is 26.2 Å². The van der Waals surface area contributed by atoms with Crippen LogP contribution in [0, 0.1) is 6.92 Å². The van der Waals surface area contributed by atoms with Crippen molar-refractivity contribution < 1.29 is 22.6 Å². The van der Waals surface area contributed by atoms with Crippen molar-refractivity contribution in [2.45, 2.75) is 39.5 Å². The predicted octanol–water partition coefficient (Wildman–Crippen LogP) is 3.87. The zero-order chi connectivity index (χ0) is 11.1. The van der Waals surface area contributed by atoms with Crippen molar-refractivity contribution in [3.8, 4) is 0 Å². The van der Waals surface area contributed by atoms with Crippen molar-refractivity contribution in [1.82, 2.24) is 0 Å². The number of aliphatic carboxylic acids is 1. The van der Waals surface area contributed by atoms with Crippen molar-refractivity contribution in [1.29, 1.82) is 0 Å². The molecule has 0 atom stereocenters. The molecule has 0 aromatic carbocycles. The van der Waals surface area contributed by atoms with E-state index in [0.717, 1.165) is 13.3 Å². The molecule has 0 rings (SSSR count). The van der Waals surface area contributed by atoms with Gasteiger partial charge in [-0.15, -0.1) is 0 Å². The average Bonchev–Trinajstić information content (AvgIpc) is 2.01. The summed E-state index contributed by atoms with van der Waals surface area (Å²) in [5.74, 6) is -0.833. The Bertz CT molecular complexity index is 84.2. The van der Waals surface area contributed by atoms with Gasteiger partial charge in [0.15, 0.2) is 0 Å². The average molecular weight is 275 g/mol. The van der Waals surface area contributed by atoms with Crippen molar-refractivity contribution in [3.63, 3.8) is 0 Å². The Labute approximate surface area is 95.3 Å². The molecule has 0 aromatic heterocycles. The summed E-state index contributed by atoms with van der Waals surface area (Å²) in [5, 5.41) is 7.42. The van der Waals surface area contributed by atoms with E-state index in [1.807, 2.05) is 0 Å². The molecule has 0 aromatic rings. The molecule has 0 unspecified atom stereocenters. The Morgan fingerprint density at radius 3 is 1.85 bits per heavy atom. The van der Waals surface area contributed by atoms with Crippen LogP contribution in [0.1, 0.15) is 39.5 Å². The van der Waals surface area contributed by atoms with E-state index in [4.69, 9.17) is 30.3 Å². The molecule has 0 heterocycles. The van der Waals surface area contributed by atoms with Crippen molar-refractivity contribution in [2.75, 3.05) is 0 Å². The summed E-state index contributed by atoms with van der Waals surface area (Å²) < 4.78 is 0. The summed E-state index contributed by atoms with van der Waals surface area (Å²) >= 11 is 0.569. The van der Waals surface area contributed by atoms with E-state index in [1.165, 1.54) is 19.3 Å². The molecular weight excluding hydrogens is 258 g/mol. The molecule has 0 radical (unpaired) electrons. The molecule has 1 N–H and O–H groups in total. The van der Waals surface area contributed by atoms with Crippen molar-refractivity contribution in [3.05, 3.63) is 6.92 Å². The minimum absolute atomic E-state index is 0.569. The van der Waals surface area contributed by atoms with Gasteiger partial charge in [0.2, 0.25) is 0 Å². The standard InChI is InChI=1S/C6H13.C2H4O2.2ClH.Ni/c1-3-5-6-4-2;1-2(3)4;;;/h1,3-6H2,2H3;1H3,(H,3,4);2*1H;/q-1;;;;+3/p-2. The van der Waals surface area contributed by atoms with Crippen LogP contribution in [0.25, 0.3) is 0 Å². The van der Waals surface area contributed by atoms with Crippen molar-refractivity contribution >= 4 is 26.4 Å². The Balaban J connectivity index is -0.000000125. The van der Waals surface area contributed by atoms with Gasteiger partial charge < -0.3 is 12.0 Å². The number of rotatable bonds is 3. The summed E-state index contributed by atoms with van der Waals surface area (Å²) in [7, 11) is 9.40. The SMILES string of the molecule is CC(=O)O.[CH2-]CCCCC.[Cl][Ni+][Cl]. The first-order valence-electron chi connectivity index (χ1n) is 3.87. The summed E-state index contributed by atoms with van der Waals surface area (Å²) in [6, 6.07) is 0. The quantitative estimate of drug-likeness (QED) is 0.482. The van der Waals surface area contributed by atoms with Crippen LogP contribution in [-0.4, -0.2) is 11.1 Å². The Morgan fingerprint density at radius 2 is 1.77 bits per heavy atom. The molecule has 0 saturated heterocycles. The zero-order valence-electron chi connectivity index (χ0n) is 7.96. The fourth-order valence-electron chi connectivity index (χ4n) is 0.427. The van der Waals surface area contributed by atoms with E-state index in [1.54, 1.807) is 0 Å². The number of unbranched alkanes of at least 4 members (excludes halogenated alkanes) is 3. The van der Waals surface area contributed by atoms with Gasteiger partial charge >= 0.3 is 33.0 Å². The van der Waals surface area contributed by atoms with E-state index >= 15 is 0 Å². The van der Waals surface area contributed by atoms with E-state index in [9.17, 15) is 0 Å². The van der Waals surface area contributed by atoms with Gasteiger partial charge in [0.05, 0.1) is 0 Å². The van der Waals surface area contributed by atoms with Crippen LogP contribution in [0.2, 0.25) is 0 Å². The molecule has 5 heteroatoms. The summed E-state index contributed by atoms with van der Waals surface area (Å²) in [6.45, 7) is 7.01. The predicted molar refractivity (Wildman–Crippen MR) is 54.5 cm³/mol. The van der Waals surface area contributed by atoms with E-state index in [0.29, 0.717) is 12.7 Å². The first-order valence-corrected chi connectivity index (χ1v) is 6.59. The van der Waals surface area contributed by atoms with E-state index < -0.39 is 5.97 Å². The second-order valence-corrected chi connectivity index (χ2v) is 3.76. The molecule has 2 nitrogen and oxygen atoms in total. The number of carboxylic acid groups (broad SMARTS) is 1. The van der Waals surface area contributed by atoms with Crippen LogP contribution in [0.4, 0.5) is 0 Å². The third-order valence-corrected chi connectivity index (χ3v) is 0.854. The molecule has 0 amide bonds. The maximum atomic E-state index is 9.00. The van der Waals surface area contributed by atoms with Gasteiger partial charge in [-0.3, -0.25) is 4.79 Å². The Kier molecular flexibility index (Phi) is 33.8. The fraction of sp³-hybridized carbons (Fsp3) is 0.750. The first-order chi connectivity index (χ1) is 6.06. The van der Waals surface area contributed by atoms with Gasteiger partial charge in [-0.05, 0) is 0 Å². The molecule has 0 fully saturated rings. The monoisotopic (exact) mass is 273 g/mol.